The van der Waals surface area contributed by atoms with Crippen LogP contribution >= 0.6 is 0 Å². The summed E-state index contributed by atoms with van der Waals surface area (Å²) in [6.45, 7) is 0.865. The quantitative estimate of drug-likeness (QED) is 0.489. The fraction of sp³-hybridized carbons (Fsp3) is 0.417. The Bertz CT molecular complexity index is 322. The lowest BCUT2D eigenvalue weighted by atomic mass is 10.2. The van der Waals surface area contributed by atoms with Gasteiger partial charge in [0, 0.05) is 24.3 Å². The van der Waals surface area contributed by atoms with Crippen molar-refractivity contribution in [2.45, 2.75) is 25.7 Å². The molecule has 4 heteroatoms. The lowest BCUT2D eigenvalue weighted by molar-refractivity contribution is -0.137. The van der Waals surface area contributed by atoms with Gasteiger partial charge in [-0.3, -0.25) is 4.79 Å². The van der Waals surface area contributed by atoms with E-state index < -0.39 is 5.97 Å². The van der Waals surface area contributed by atoms with Crippen LogP contribution in [-0.2, 0) is 4.79 Å². The minimum atomic E-state index is -0.716. The molecular formula is C12H18N2O2. The predicted molar refractivity (Wildman–Crippen MR) is 65.4 cm³/mol. The molecule has 0 spiro atoms. The van der Waals surface area contributed by atoms with Gasteiger partial charge in [0.25, 0.3) is 0 Å². The molecular weight excluding hydrogens is 204 g/mol. The van der Waals surface area contributed by atoms with E-state index in [1.807, 2.05) is 24.3 Å². The number of unbranched alkanes of at least 4 members (excludes halogenated alkanes) is 2. The lowest BCUT2D eigenvalue weighted by Gasteiger charge is -2.05. The number of carboxylic acid groups (broad SMARTS) is 1. The van der Waals surface area contributed by atoms with Gasteiger partial charge in [0.1, 0.15) is 0 Å². The van der Waals surface area contributed by atoms with Crippen LogP contribution in [0.25, 0.3) is 0 Å². The molecule has 1 aromatic carbocycles. The van der Waals surface area contributed by atoms with Crippen LogP contribution in [0.5, 0.6) is 0 Å². The second-order valence-corrected chi connectivity index (χ2v) is 3.75. The van der Waals surface area contributed by atoms with Crippen molar-refractivity contribution >= 4 is 17.3 Å². The summed E-state index contributed by atoms with van der Waals surface area (Å²) in [7, 11) is 0. The number of hydrogen-bond donors (Lipinski definition) is 3. The van der Waals surface area contributed by atoms with Gasteiger partial charge in [-0.15, -0.1) is 0 Å². The van der Waals surface area contributed by atoms with Crippen LogP contribution in [0.15, 0.2) is 24.3 Å². The van der Waals surface area contributed by atoms with Crippen molar-refractivity contribution in [3.8, 4) is 0 Å². The molecule has 0 saturated heterocycles. The molecule has 0 bridgehead atoms. The molecule has 0 unspecified atom stereocenters. The van der Waals surface area contributed by atoms with Crippen molar-refractivity contribution in [3.63, 3.8) is 0 Å². The van der Waals surface area contributed by atoms with Gasteiger partial charge in [0.05, 0.1) is 0 Å². The molecule has 1 aromatic rings. The van der Waals surface area contributed by atoms with Crippen molar-refractivity contribution in [2.24, 2.45) is 0 Å². The minimum absolute atomic E-state index is 0.266. The van der Waals surface area contributed by atoms with Crippen molar-refractivity contribution in [2.75, 3.05) is 17.6 Å². The first-order chi connectivity index (χ1) is 7.68. The third-order valence-corrected chi connectivity index (χ3v) is 2.31. The average molecular weight is 222 g/mol. The molecule has 16 heavy (non-hydrogen) atoms. The van der Waals surface area contributed by atoms with Gasteiger partial charge >= 0.3 is 5.97 Å². The smallest absolute Gasteiger partial charge is 0.303 e. The SMILES string of the molecule is Nc1ccc(NCCCCCC(=O)O)cc1. The molecule has 0 fully saturated rings. The van der Waals surface area contributed by atoms with E-state index in [1.54, 1.807) is 0 Å². The van der Waals surface area contributed by atoms with Crippen LogP contribution in [0, 0.1) is 0 Å². The van der Waals surface area contributed by atoms with E-state index >= 15 is 0 Å². The van der Waals surface area contributed by atoms with Gasteiger partial charge in [-0.1, -0.05) is 6.42 Å². The number of nitrogen functional groups attached to an aromatic ring is 1. The minimum Gasteiger partial charge on any atom is -0.481 e. The van der Waals surface area contributed by atoms with E-state index in [0.29, 0.717) is 0 Å². The van der Waals surface area contributed by atoms with Gasteiger partial charge in [0.15, 0.2) is 0 Å². The summed E-state index contributed by atoms with van der Waals surface area (Å²) < 4.78 is 0. The topological polar surface area (TPSA) is 75.3 Å². The number of carbonyl (C=O) groups is 1. The van der Waals surface area contributed by atoms with E-state index in [1.165, 1.54) is 0 Å². The summed E-state index contributed by atoms with van der Waals surface area (Å²) >= 11 is 0. The van der Waals surface area contributed by atoms with Gasteiger partial charge in [0.2, 0.25) is 0 Å². The number of aliphatic carboxylic acids is 1. The molecule has 0 radical (unpaired) electrons. The molecule has 0 heterocycles. The van der Waals surface area contributed by atoms with E-state index in [-0.39, 0.29) is 6.42 Å². The second-order valence-electron chi connectivity index (χ2n) is 3.75. The number of benzene rings is 1. The first kappa shape index (κ1) is 12.4. The summed E-state index contributed by atoms with van der Waals surface area (Å²) in [6, 6.07) is 7.58. The normalized spacial score (nSPS) is 10.0. The van der Waals surface area contributed by atoms with Gasteiger partial charge < -0.3 is 16.2 Å². The van der Waals surface area contributed by atoms with Crippen molar-refractivity contribution in [1.82, 2.24) is 0 Å². The van der Waals surface area contributed by atoms with E-state index in [2.05, 4.69) is 5.32 Å². The highest BCUT2D eigenvalue weighted by Crippen LogP contribution is 2.10. The Morgan fingerprint density at radius 3 is 2.50 bits per heavy atom. The van der Waals surface area contributed by atoms with Crippen LogP contribution in [0.2, 0.25) is 0 Å². The Hall–Kier alpha value is -1.71. The van der Waals surface area contributed by atoms with Crippen molar-refractivity contribution < 1.29 is 9.90 Å². The molecule has 4 nitrogen and oxygen atoms in total. The number of carboxylic acids is 1. The van der Waals surface area contributed by atoms with E-state index in [4.69, 9.17) is 10.8 Å². The third-order valence-electron chi connectivity index (χ3n) is 2.31. The molecule has 1 rings (SSSR count). The van der Waals surface area contributed by atoms with Crippen LogP contribution in [0.4, 0.5) is 11.4 Å². The summed E-state index contributed by atoms with van der Waals surface area (Å²) in [5.41, 5.74) is 7.37. The zero-order chi connectivity index (χ0) is 11.8. The fourth-order valence-electron chi connectivity index (χ4n) is 1.41. The Morgan fingerprint density at radius 1 is 1.19 bits per heavy atom. The Labute approximate surface area is 95.5 Å². The fourth-order valence-corrected chi connectivity index (χ4v) is 1.41. The maximum absolute atomic E-state index is 10.3. The van der Waals surface area contributed by atoms with Crippen LogP contribution < -0.4 is 11.1 Å². The summed E-state index contributed by atoms with van der Waals surface area (Å²) in [5.74, 6) is -0.716. The highest BCUT2D eigenvalue weighted by Gasteiger charge is 1.96. The predicted octanol–water partition coefficient (Wildman–Crippen LogP) is 2.33. The molecule has 0 atom stereocenters. The number of anilines is 2. The monoisotopic (exact) mass is 222 g/mol. The van der Waals surface area contributed by atoms with Crippen LogP contribution in [0.1, 0.15) is 25.7 Å². The summed E-state index contributed by atoms with van der Waals surface area (Å²) in [6.07, 6.45) is 2.94. The number of rotatable bonds is 7. The first-order valence-electron chi connectivity index (χ1n) is 5.49. The molecule has 0 saturated carbocycles. The maximum Gasteiger partial charge on any atom is 0.303 e. The molecule has 0 aliphatic carbocycles. The van der Waals surface area contributed by atoms with Gasteiger partial charge in [-0.25, -0.2) is 0 Å². The third kappa shape index (κ3) is 5.24. The Kier molecular flexibility index (Phi) is 5.19. The standard InChI is InChI=1S/C12H18N2O2/c13-10-5-7-11(8-6-10)14-9-3-1-2-4-12(15)16/h5-8,14H,1-4,9,13H2,(H,15,16). The van der Waals surface area contributed by atoms with Crippen molar-refractivity contribution in [1.29, 1.82) is 0 Å². The van der Waals surface area contributed by atoms with Gasteiger partial charge in [-0.05, 0) is 37.1 Å². The molecule has 0 aromatic heterocycles. The van der Waals surface area contributed by atoms with E-state index in [9.17, 15) is 4.79 Å². The average Bonchev–Trinajstić information content (AvgIpc) is 2.25. The zero-order valence-electron chi connectivity index (χ0n) is 9.28. The molecule has 0 amide bonds. The Balaban J connectivity index is 2.07. The Morgan fingerprint density at radius 2 is 1.88 bits per heavy atom. The van der Waals surface area contributed by atoms with Gasteiger partial charge in [-0.2, -0.15) is 0 Å². The molecule has 88 valence electrons. The lowest BCUT2D eigenvalue weighted by Crippen LogP contribution is -2.02. The zero-order valence-corrected chi connectivity index (χ0v) is 9.28. The number of nitrogens with two attached hydrogens (primary N) is 1. The van der Waals surface area contributed by atoms with Crippen molar-refractivity contribution in [3.05, 3.63) is 24.3 Å². The molecule has 4 N–H and O–H groups in total. The molecule has 0 aliphatic rings. The summed E-state index contributed by atoms with van der Waals surface area (Å²) in [5, 5.41) is 11.7. The largest absolute Gasteiger partial charge is 0.481 e. The summed E-state index contributed by atoms with van der Waals surface area (Å²) in [4.78, 5) is 10.3. The number of nitrogens with one attached hydrogen (secondary N) is 1. The highest BCUT2D eigenvalue weighted by molar-refractivity contribution is 5.66. The van der Waals surface area contributed by atoms with Crippen LogP contribution in [0.3, 0.4) is 0 Å². The van der Waals surface area contributed by atoms with Crippen LogP contribution in [-0.4, -0.2) is 17.6 Å². The first-order valence-corrected chi connectivity index (χ1v) is 5.49. The highest BCUT2D eigenvalue weighted by atomic mass is 16.4. The maximum atomic E-state index is 10.3. The molecule has 0 aliphatic heterocycles. The van der Waals surface area contributed by atoms with E-state index in [0.717, 1.165) is 37.2 Å². The number of hydrogen-bond acceptors (Lipinski definition) is 3. The second kappa shape index (κ2) is 6.71.